The molecule has 0 saturated heterocycles. The highest BCUT2D eigenvalue weighted by Crippen LogP contribution is 2.39. The van der Waals surface area contributed by atoms with Gasteiger partial charge in [0, 0.05) is 6.92 Å². The molecule has 0 atom stereocenters. The molecule has 33 heavy (non-hydrogen) atoms. The number of aryl methyl sites for hydroxylation is 2. The molecule has 1 amide bonds. The van der Waals surface area contributed by atoms with Crippen LogP contribution in [-0.4, -0.2) is 28.7 Å². The summed E-state index contributed by atoms with van der Waals surface area (Å²) in [6.45, 7) is 5.50. The first kappa shape index (κ1) is 24.4. The number of para-hydroxylation sites is 1. The third kappa shape index (κ3) is 5.24. The Morgan fingerprint density at radius 1 is 1.15 bits per heavy atom. The molecule has 8 nitrogen and oxygen atoms in total. The molecular weight excluding hydrogens is 440 g/mol. The van der Waals surface area contributed by atoms with Gasteiger partial charge in [0.05, 0.1) is 23.8 Å². The maximum Gasteiger partial charge on any atom is 0.296 e. The Balaban J connectivity index is 2.13. The SMILES string of the molecule is COc1ccc(NC(=S)N(c2c(C)cccc2C)C2(NC(C)=O)CCCCC2)c([N+](=O)[O-])c1. The molecule has 1 saturated carbocycles. The van der Waals surface area contributed by atoms with Crippen LogP contribution in [0.25, 0.3) is 0 Å². The molecule has 0 bridgehead atoms. The zero-order valence-corrected chi connectivity index (χ0v) is 20.3. The molecule has 1 fully saturated rings. The number of anilines is 2. The Labute approximate surface area is 199 Å². The number of carbonyl (C=O) groups excluding carboxylic acids is 1. The van der Waals surface area contributed by atoms with Crippen molar-refractivity contribution in [2.24, 2.45) is 0 Å². The monoisotopic (exact) mass is 470 g/mol. The van der Waals surface area contributed by atoms with E-state index in [-0.39, 0.29) is 22.4 Å². The fraction of sp³-hybridized carbons (Fsp3) is 0.417. The number of nitrogens with zero attached hydrogens (tertiary/aromatic N) is 2. The van der Waals surface area contributed by atoms with Crippen LogP contribution in [0.1, 0.15) is 50.2 Å². The van der Waals surface area contributed by atoms with Gasteiger partial charge in [-0.1, -0.05) is 24.6 Å². The molecule has 0 radical (unpaired) electrons. The minimum absolute atomic E-state index is 0.143. The quantitative estimate of drug-likeness (QED) is 0.259. The molecule has 176 valence electrons. The number of nitro benzene ring substituents is 1. The van der Waals surface area contributed by atoms with Crippen molar-refractivity contribution in [2.75, 3.05) is 17.3 Å². The predicted molar refractivity (Wildman–Crippen MR) is 134 cm³/mol. The minimum Gasteiger partial charge on any atom is -0.496 e. The number of hydrogen-bond donors (Lipinski definition) is 2. The third-order valence-corrected chi connectivity index (χ3v) is 6.31. The fourth-order valence-electron chi connectivity index (χ4n) is 4.60. The minimum atomic E-state index is -0.730. The lowest BCUT2D eigenvalue weighted by Gasteiger charge is -2.48. The van der Waals surface area contributed by atoms with E-state index in [1.54, 1.807) is 12.1 Å². The van der Waals surface area contributed by atoms with Crippen LogP contribution in [0, 0.1) is 24.0 Å². The first-order chi connectivity index (χ1) is 15.7. The summed E-state index contributed by atoms with van der Waals surface area (Å²) in [7, 11) is 1.46. The maximum absolute atomic E-state index is 12.3. The Morgan fingerprint density at radius 2 is 1.79 bits per heavy atom. The number of amides is 1. The van der Waals surface area contributed by atoms with Crippen LogP contribution in [-0.2, 0) is 4.79 Å². The Hall–Kier alpha value is -3.20. The molecule has 3 rings (SSSR count). The molecule has 0 heterocycles. The summed E-state index contributed by atoms with van der Waals surface area (Å²) in [6, 6.07) is 10.6. The molecule has 0 spiro atoms. The summed E-state index contributed by atoms with van der Waals surface area (Å²) < 4.78 is 5.15. The lowest BCUT2D eigenvalue weighted by atomic mass is 9.86. The summed E-state index contributed by atoms with van der Waals surface area (Å²) in [6.07, 6.45) is 4.38. The van der Waals surface area contributed by atoms with E-state index >= 15 is 0 Å². The lowest BCUT2D eigenvalue weighted by molar-refractivity contribution is -0.384. The van der Waals surface area contributed by atoms with Gasteiger partial charge in [-0.15, -0.1) is 0 Å². The second kappa shape index (κ2) is 10.2. The molecule has 1 aliphatic rings. The molecular formula is C24H30N4O4S. The molecule has 9 heteroatoms. The number of nitro groups is 1. The normalized spacial score (nSPS) is 14.8. The van der Waals surface area contributed by atoms with E-state index in [4.69, 9.17) is 17.0 Å². The smallest absolute Gasteiger partial charge is 0.296 e. The highest BCUT2D eigenvalue weighted by molar-refractivity contribution is 7.80. The van der Waals surface area contributed by atoms with E-state index in [9.17, 15) is 14.9 Å². The molecule has 2 aromatic carbocycles. The summed E-state index contributed by atoms with van der Waals surface area (Å²) in [5.41, 5.74) is 2.28. The van der Waals surface area contributed by atoms with Gasteiger partial charge in [0.1, 0.15) is 17.1 Å². The summed E-state index contributed by atoms with van der Waals surface area (Å²) in [5.74, 6) is 0.234. The zero-order chi connectivity index (χ0) is 24.2. The van der Waals surface area contributed by atoms with Gasteiger partial charge in [0.15, 0.2) is 5.11 Å². The van der Waals surface area contributed by atoms with Crippen molar-refractivity contribution >= 4 is 40.3 Å². The van der Waals surface area contributed by atoms with Crippen molar-refractivity contribution in [1.29, 1.82) is 0 Å². The van der Waals surface area contributed by atoms with Gasteiger partial charge in [-0.05, 0) is 75.0 Å². The number of hydrogen-bond acceptors (Lipinski definition) is 5. The van der Waals surface area contributed by atoms with Gasteiger partial charge < -0.3 is 15.4 Å². The van der Waals surface area contributed by atoms with Crippen LogP contribution < -0.4 is 20.3 Å². The summed E-state index contributed by atoms with van der Waals surface area (Å²) in [5, 5.41) is 18.3. The summed E-state index contributed by atoms with van der Waals surface area (Å²) >= 11 is 5.88. The van der Waals surface area contributed by atoms with Gasteiger partial charge in [-0.2, -0.15) is 0 Å². The van der Waals surface area contributed by atoms with Crippen molar-refractivity contribution in [2.45, 2.75) is 58.5 Å². The number of thiocarbonyl (C=S) groups is 1. The number of benzene rings is 2. The number of carbonyl (C=O) groups is 1. The van der Waals surface area contributed by atoms with E-state index in [1.807, 2.05) is 36.9 Å². The van der Waals surface area contributed by atoms with E-state index in [0.717, 1.165) is 36.1 Å². The lowest BCUT2D eigenvalue weighted by Crippen LogP contribution is -2.64. The van der Waals surface area contributed by atoms with Crippen molar-refractivity contribution in [1.82, 2.24) is 5.32 Å². The van der Waals surface area contributed by atoms with Crippen LogP contribution in [0.5, 0.6) is 5.75 Å². The van der Waals surface area contributed by atoms with Gasteiger partial charge in [-0.25, -0.2) is 0 Å². The second-order valence-electron chi connectivity index (χ2n) is 8.42. The molecule has 2 aromatic rings. The van der Waals surface area contributed by atoms with Gasteiger partial charge in [-0.3, -0.25) is 19.8 Å². The zero-order valence-electron chi connectivity index (χ0n) is 19.4. The summed E-state index contributed by atoms with van der Waals surface area (Å²) in [4.78, 5) is 25.5. The van der Waals surface area contributed by atoms with Crippen molar-refractivity contribution in [3.05, 3.63) is 57.6 Å². The van der Waals surface area contributed by atoms with Crippen molar-refractivity contribution < 1.29 is 14.5 Å². The largest absolute Gasteiger partial charge is 0.496 e. The van der Waals surface area contributed by atoms with Crippen LogP contribution in [0.2, 0.25) is 0 Å². The Kier molecular flexibility index (Phi) is 7.53. The number of rotatable bonds is 6. The van der Waals surface area contributed by atoms with Gasteiger partial charge in [0.2, 0.25) is 5.91 Å². The van der Waals surface area contributed by atoms with E-state index in [1.165, 1.54) is 20.1 Å². The average molecular weight is 471 g/mol. The highest BCUT2D eigenvalue weighted by atomic mass is 32.1. The standard InChI is InChI=1S/C24H30N4O4S/c1-16-9-8-10-17(2)22(16)27(24(26-18(3)29)13-6-5-7-14-24)23(33)25-20-12-11-19(32-4)15-21(20)28(30)31/h8-12,15H,5-7,13-14H2,1-4H3,(H,25,33)(H,26,29). The van der Waals surface area contributed by atoms with Crippen molar-refractivity contribution in [3.8, 4) is 5.75 Å². The van der Waals surface area contributed by atoms with Gasteiger partial charge in [0.25, 0.3) is 5.69 Å². The second-order valence-corrected chi connectivity index (χ2v) is 8.81. The number of methoxy groups -OCH3 is 1. The molecule has 0 aromatic heterocycles. The maximum atomic E-state index is 12.3. The Morgan fingerprint density at radius 3 is 2.33 bits per heavy atom. The van der Waals surface area contributed by atoms with Crippen molar-refractivity contribution in [3.63, 3.8) is 0 Å². The average Bonchev–Trinajstić information content (AvgIpc) is 2.76. The van der Waals surface area contributed by atoms with E-state index in [2.05, 4.69) is 10.6 Å². The third-order valence-electron chi connectivity index (χ3n) is 6.03. The number of nitrogens with one attached hydrogen (secondary N) is 2. The Bertz CT molecular complexity index is 1050. The molecule has 1 aliphatic carbocycles. The topological polar surface area (TPSA) is 96.7 Å². The van der Waals surface area contributed by atoms with Crippen LogP contribution in [0.15, 0.2) is 36.4 Å². The molecule has 0 aliphatic heterocycles. The van der Waals surface area contributed by atoms with Crippen LogP contribution in [0.4, 0.5) is 17.1 Å². The number of ether oxygens (including phenoxy) is 1. The van der Waals surface area contributed by atoms with E-state index < -0.39 is 10.6 Å². The highest BCUT2D eigenvalue weighted by Gasteiger charge is 2.42. The first-order valence-electron chi connectivity index (χ1n) is 11.0. The molecule has 2 N–H and O–H groups in total. The predicted octanol–water partition coefficient (Wildman–Crippen LogP) is 5.22. The fourth-order valence-corrected chi connectivity index (χ4v) is 4.98. The van der Waals surface area contributed by atoms with Crippen LogP contribution >= 0.6 is 12.2 Å². The first-order valence-corrected chi connectivity index (χ1v) is 11.4. The molecule has 0 unspecified atom stereocenters. The van der Waals surface area contributed by atoms with Crippen LogP contribution in [0.3, 0.4) is 0 Å². The van der Waals surface area contributed by atoms with E-state index in [0.29, 0.717) is 18.6 Å². The van der Waals surface area contributed by atoms with Gasteiger partial charge >= 0.3 is 0 Å².